The number of nitrogens with one attached hydrogen (secondary N) is 1. The van der Waals surface area contributed by atoms with E-state index in [1.54, 1.807) is 0 Å². The summed E-state index contributed by atoms with van der Waals surface area (Å²) < 4.78 is 5.32. The van der Waals surface area contributed by atoms with Crippen LogP contribution in [0.1, 0.15) is 39.5 Å². The van der Waals surface area contributed by atoms with Gasteiger partial charge in [0.25, 0.3) is 0 Å². The number of carbonyl (C=O) groups is 2. The molecule has 0 aromatic carbocycles. The SMILES string of the molecule is CCCOCCCNC(=O)[C@H]1CC(C)C[C@H]1C(=O)O. The van der Waals surface area contributed by atoms with Crippen molar-refractivity contribution in [3.8, 4) is 0 Å². The first-order valence-electron chi connectivity index (χ1n) is 7.14. The second-order valence-electron chi connectivity index (χ2n) is 5.38. The predicted octanol–water partition coefficient (Wildman–Crippen LogP) is 1.67. The van der Waals surface area contributed by atoms with Crippen LogP contribution < -0.4 is 5.32 Å². The molecule has 1 aliphatic carbocycles. The molecule has 1 aliphatic rings. The van der Waals surface area contributed by atoms with E-state index >= 15 is 0 Å². The van der Waals surface area contributed by atoms with Crippen LogP contribution in [-0.4, -0.2) is 36.7 Å². The van der Waals surface area contributed by atoms with Crippen LogP contribution in [-0.2, 0) is 14.3 Å². The number of aliphatic carboxylic acids is 1. The Hall–Kier alpha value is -1.10. The van der Waals surface area contributed by atoms with Crippen molar-refractivity contribution in [2.45, 2.75) is 39.5 Å². The summed E-state index contributed by atoms with van der Waals surface area (Å²) >= 11 is 0. The van der Waals surface area contributed by atoms with Crippen molar-refractivity contribution < 1.29 is 19.4 Å². The Labute approximate surface area is 114 Å². The molecular weight excluding hydrogens is 246 g/mol. The third-order valence-corrected chi connectivity index (χ3v) is 3.57. The van der Waals surface area contributed by atoms with E-state index in [-0.39, 0.29) is 11.8 Å². The summed E-state index contributed by atoms with van der Waals surface area (Å²) in [4.78, 5) is 23.1. The minimum Gasteiger partial charge on any atom is -0.481 e. The number of carboxylic acids is 1. The number of carbonyl (C=O) groups excluding carboxylic acids is 1. The molecule has 5 heteroatoms. The van der Waals surface area contributed by atoms with Gasteiger partial charge in [-0.1, -0.05) is 13.8 Å². The third kappa shape index (κ3) is 5.19. The van der Waals surface area contributed by atoms with Gasteiger partial charge in [0.15, 0.2) is 0 Å². The molecule has 1 unspecified atom stereocenters. The van der Waals surface area contributed by atoms with Gasteiger partial charge in [0.1, 0.15) is 0 Å². The fourth-order valence-electron chi connectivity index (χ4n) is 2.62. The minimum atomic E-state index is -0.851. The molecule has 0 aliphatic heterocycles. The highest BCUT2D eigenvalue weighted by Gasteiger charge is 2.40. The number of hydrogen-bond acceptors (Lipinski definition) is 3. The van der Waals surface area contributed by atoms with E-state index in [1.807, 2.05) is 6.92 Å². The molecule has 1 fully saturated rings. The molecule has 1 rings (SSSR count). The third-order valence-electron chi connectivity index (χ3n) is 3.57. The highest BCUT2D eigenvalue weighted by molar-refractivity contribution is 5.85. The zero-order valence-electron chi connectivity index (χ0n) is 11.9. The Bertz CT molecular complexity index is 306. The maximum absolute atomic E-state index is 12.0. The normalized spacial score (nSPS) is 26.3. The van der Waals surface area contributed by atoms with Crippen molar-refractivity contribution in [3.63, 3.8) is 0 Å². The number of rotatable bonds is 8. The monoisotopic (exact) mass is 271 g/mol. The lowest BCUT2D eigenvalue weighted by Gasteiger charge is -2.15. The van der Waals surface area contributed by atoms with E-state index in [2.05, 4.69) is 12.2 Å². The van der Waals surface area contributed by atoms with Crippen molar-refractivity contribution in [2.24, 2.45) is 17.8 Å². The first kappa shape index (κ1) is 16.0. The van der Waals surface area contributed by atoms with Crippen molar-refractivity contribution in [1.29, 1.82) is 0 Å². The zero-order chi connectivity index (χ0) is 14.3. The standard InChI is InChI=1S/C14H25NO4/c1-3-6-19-7-4-5-15-13(16)11-8-10(2)9-12(11)14(17)18/h10-12H,3-9H2,1-2H3,(H,15,16)(H,17,18)/t10?,11-,12+/m0/s1. The van der Waals surface area contributed by atoms with Gasteiger partial charge in [0.05, 0.1) is 11.8 Å². The largest absolute Gasteiger partial charge is 0.481 e. The van der Waals surface area contributed by atoms with Gasteiger partial charge in [0.2, 0.25) is 5.91 Å². The average molecular weight is 271 g/mol. The maximum Gasteiger partial charge on any atom is 0.307 e. The average Bonchev–Trinajstić information content (AvgIpc) is 2.76. The second kappa shape index (κ2) is 8.15. The molecule has 5 nitrogen and oxygen atoms in total. The molecule has 110 valence electrons. The van der Waals surface area contributed by atoms with Crippen molar-refractivity contribution in [2.75, 3.05) is 19.8 Å². The fourth-order valence-corrected chi connectivity index (χ4v) is 2.62. The molecule has 0 bridgehead atoms. The molecule has 19 heavy (non-hydrogen) atoms. The first-order chi connectivity index (χ1) is 9.06. The molecule has 3 atom stereocenters. The Morgan fingerprint density at radius 1 is 1.26 bits per heavy atom. The Kier molecular flexibility index (Phi) is 6.84. The van der Waals surface area contributed by atoms with Gasteiger partial charge < -0.3 is 15.2 Å². The zero-order valence-corrected chi connectivity index (χ0v) is 11.9. The van der Waals surface area contributed by atoms with E-state index in [0.29, 0.717) is 31.9 Å². The molecule has 1 saturated carbocycles. The Balaban J connectivity index is 2.26. The van der Waals surface area contributed by atoms with E-state index in [1.165, 1.54) is 0 Å². The number of amides is 1. The van der Waals surface area contributed by atoms with Crippen LogP contribution in [0.2, 0.25) is 0 Å². The lowest BCUT2D eigenvalue weighted by atomic mass is 9.95. The lowest BCUT2D eigenvalue weighted by molar-refractivity contribution is -0.146. The predicted molar refractivity (Wildman–Crippen MR) is 71.8 cm³/mol. The quantitative estimate of drug-likeness (QED) is 0.658. The molecule has 0 aromatic heterocycles. The highest BCUT2D eigenvalue weighted by Crippen LogP contribution is 2.36. The van der Waals surface area contributed by atoms with Gasteiger partial charge in [-0.25, -0.2) is 0 Å². The summed E-state index contributed by atoms with van der Waals surface area (Å²) in [6.07, 6.45) is 3.04. The van der Waals surface area contributed by atoms with Crippen molar-refractivity contribution in [3.05, 3.63) is 0 Å². The van der Waals surface area contributed by atoms with Crippen molar-refractivity contribution in [1.82, 2.24) is 5.32 Å². The first-order valence-corrected chi connectivity index (χ1v) is 7.14. The molecule has 0 aromatic rings. The Morgan fingerprint density at radius 3 is 2.58 bits per heavy atom. The van der Waals surface area contributed by atoms with Gasteiger partial charge in [-0.05, 0) is 31.6 Å². The topological polar surface area (TPSA) is 75.6 Å². The smallest absolute Gasteiger partial charge is 0.307 e. The molecular formula is C14H25NO4. The molecule has 0 spiro atoms. The number of hydrogen-bond donors (Lipinski definition) is 2. The molecule has 0 saturated heterocycles. The maximum atomic E-state index is 12.0. The van der Waals surface area contributed by atoms with Crippen LogP contribution in [0, 0.1) is 17.8 Å². The van der Waals surface area contributed by atoms with E-state index in [4.69, 9.17) is 9.84 Å². The minimum absolute atomic E-state index is 0.118. The van der Waals surface area contributed by atoms with E-state index < -0.39 is 11.9 Å². The van der Waals surface area contributed by atoms with Crippen LogP contribution in [0.25, 0.3) is 0 Å². The van der Waals surface area contributed by atoms with Gasteiger partial charge in [-0.2, -0.15) is 0 Å². The highest BCUT2D eigenvalue weighted by atomic mass is 16.5. The molecule has 0 radical (unpaired) electrons. The number of ether oxygens (including phenoxy) is 1. The van der Waals surface area contributed by atoms with Crippen LogP contribution in [0.5, 0.6) is 0 Å². The van der Waals surface area contributed by atoms with E-state index in [0.717, 1.165) is 19.4 Å². The number of carboxylic acid groups (broad SMARTS) is 1. The summed E-state index contributed by atoms with van der Waals surface area (Å²) in [5, 5.41) is 11.9. The van der Waals surface area contributed by atoms with Crippen LogP contribution in [0.15, 0.2) is 0 Å². The summed E-state index contributed by atoms with van der Waals surface area (Å²) in [6, 6.07) is 0. The van der Waals surface area contributed by atoms with Crippen LogP contribution >= 0.6 is 0 Å². The van der Waals surface area contributed by atoms with Crippen molar-refractivity contribution >= 4 is 11.9 Å². The summed E-state index contributed by atoms with van der Waals surface area (Å²) in [5.74, 6) is -1.55. The fraction of sp³-hybridized carbons (Fsp3) is 0.857. The van der Waals surface area contributed by atoms with Gasteiger partial charge >= 0.3 is 5.97 Å². The summed E-state index contributed by atoms with van der Waals surface area (Å²) in [7, 11) is 0. The lowest BCUT2D eigenvalue weighted by Crippen LogP contribution is -2.36. The van der Waals surface area contributed by atoms with E-state index in [9.17, 15) is 9.59 Å². The van der Waals surface area contributed by atoms with Gasteiger partial charge in [0, 0.05) is 19.8 Å². The summed E-state index contributed by atoms with van der Waals surface area (Å²) in [6.45, 7) is 5.99. The molecule has 0 heterocycles. The summed E-state index contributed by atoms with van der Waals surface area (Å²) in [5.41, 5.74) is 0. The molecule has 1 amide bonds. The Morgan fingerprint density at radius 2 is 1.95 bits per heavy atom. The van der Waals surface area contributed by atoms with Crippen LogP contribution in [0.3, 0.4) is 0 Å². The second-order valence-corrected chi connectivity index (χ2v) is 5.38. The van der Waals surface area contributed by atoms with Gasteiger partial charge in [-0.15, -0.1) is 0 Å². The molecule has 2 N–H and O–H groups in total. The van der Waals surface area contributed by atoms with Gasteiger partial charge in [-0.3, -0.25) is 9.59 Å². The van der Waals surface area contributed by atoms with Crippen LogP contribution in [0.4, 0.5) is 0 Å².